The fourth-order valence-electron chi connectivity index (χ4n) is 0.794. The second-order valence-electron chi connectivity index (χ2n) is 2.32. The maximum Gasteiger partial charge on any atom is 0.311 e. The van der Waals surface area contributed by atoms with Crippen LogP contribution in [0.2, 0.25) is 0 Å². The fourth-order valence-corrected chi connectivity index (χ4v) is 0.794. The summed E-state index contributed by atoms with van der Waals surface area (Å²) in [5.41, 5.74) is 0.642. The predicted octanol–water partition coefficient (Wildman–Crippen LogP) is 0.0135. The van der Waals surface area contributed by atoms with Crippen molar-refractivity contribution in [3.8, 4) is 0 Å². The molecular formula is C7H11N3O2. The molecule has 0 atom stereocenters. The number of hydrogen-bond acceptors (Lipinski definition) is 4. The Hall–Kier alpha value is -1.39. The molecule has 5 nitrogen and oxygen atoms in total. The van der Waals surface area contributed by atoms with E-state index in [0.717, 1.165) is 6.54 Å². The minimum atomic E-state index is -0.293. The molecule has 1 aromatic rings. The van der Waals surface area contributed by atoms with Crippen LogP contribution in [-0.2, 0) is 22.5 Å². The molecule has 1 heterocycles. The minimum absolute atomic E-state index is 0.191. The highest BCUT2D eigenvalue weighted by molar-refractivity contribution is 5.71. The van der Waals surface area contributed by atoms with Gasteiger partial charge in [0.15, 0.2) is 0 Å². The van der Waals surface area contributed by atoms with Crippen molar-refractivity contribution in [3.05, 3.63) is 11.9 Å². The molecule has 0 aliphatic carbocycles. The Morgan fingerprint density at radius 3 is 3.00 bits per heavy atom. The van der Waals surface area contributed by atoms with E-state index >= 15 is 0 Å². The zero-order valence-corrected chi connectivity index (χ0v) is 7.15. The monoisotopic (exact) mass is 169 g/mol. The van der Waals surface area contributed by atoms with Gasteiger partial charge in [0.05, 0.1) is 19.2 Å². The first-order valence-corrected chi connectivity index (χ1v) is 3.72. The first-order chi connectivity index (χ1) is 5.76. The van der Waals surface area contributed by atoms with Crippen molar-refractivity contribution in [2.24, 2.45) is 0 Å². The Morgan fingerprint density at radius 1 is 1.75 bits per heavy atom. The van der Waals surface area contributed by atoms with Crippen LogP contribution in [0.5, 0.6) is 0 Å². The van der Waals surface area contributed by atoms with Crippen molar-refractivity contribution in [1.82, 2.24) is 15.0 Å². The van der Waals surface area contributed by atoms with Gasteiger partial charge in [-0.25, -0.2) is 0 Å². The molecule has 0 bridgehead atoms. The maximum absolute atomic E-state index is 10.8. The van der Waals surface area contributed by atoms with Crippen molar-refractivity contribution in [2.45, 2.75) is 19.9 Å². The van der Waals surface area contributed by atoms with E-state index in [1.54, 1.807) is 10.9 Å². The molecule has 0 fully saturated rings. The van der Waals surface area contributed by atoms with Gasteiger partial charge in [-0.05, 0) is 6.92 Å². The Labute approximate surface area is 70.3 Å². The van der Waals surface area contributed by atoms with Gasteiger partial charge in [0, 0.05) is 12.7 Å². The minimum Gasteiger partial charge on any atom is -0.469 e. The number of nitrogens with zero attached hydrogens (tertiary/aromatic N) is 3. The van der Waals surface area contributed by atoms with Crippen LogP contribution in [0.25, 0.3) is 0 Å². The lowest BCUT2D eigenvalue weighted by molar-refractivity contribution is -0.139. The quantitative estimate of drug-likeness (QED) is 0.598. The van der Waals surface area contributed by atoms with Crippen molar-refractivity contribution >= 4 is 5.97 Å². The molecule has 1 rings (SSSR count). The van der Waals surface area contributed by atoms with Gasteiger partial charge in [-0.3, -0.25) is 9.48 Å². The third kappa shape index (κ3) is 2.05. The summed E-state index contributed by atoms with van der Waals surface area (Å²) in [7, 11) is 1.35. The number of carbonyl (C=O) groups excluding carboxylic acids is 1. The van der Waals surface area contributed by atoms with E-state index in [1.165, 1.54) is 7.11 Å². The van der Waals surface area contributed by atoms with E-state index < -0.39 is 0 Å². The smallest absolute Gasteiger partial charge is 0.311 e. The molecule has 0 amide bonds. The van der Waals surface area contributed by atoms with Gasteiger partial charge in [-0.1, -0.05) is 5.21 Å². The summed E-state index contributed by atoms with van der Waals surface area (Å²) in [6.45, 7) is 2.71. The van der Waals surface area contributed by atoms with E-state index in [9.17, 15) is 4.79 Å². The first kappa shape index (κ1) is 8.70. The van der Waals surface area contributed by atoms with Gasteiger partial charge in [-0.2, -0.15) is 0 Å². The Bertz CT molecular complexity index is 269. The van der Waals surface area contributed by atoms with E-state index in [0.29, 0.717) is 5.69 Å². The summed E-state index contributed by atoms with van der Waals surface area (Å²) in [6, 6.07) is 0. The lowest BCUT2D eigenvalue weighted by Crippen LogP contribution is -2.04. The van der Waals surface area contributed by atoms with E-state index in [4.69, 9.17) is 0 Å². The third-order valence-electron chi connectivity index (χ3n) is 1.46. The lowest BCUT2D eigenvalue weighted by Gasteiger charge is -1.92. The molecule has 0 aromatic carbocycles. The number of aromatic nitrogens is 3. The molecule has 0 spiro atoms. The summed E-state index contributed by atoms with van der Waals surface area (Å²) in [5, 5.41) is 7.57. The zero-order chi connectivity index (χ0) is 8.97. The normalized spacial score (nSPS) is 9.83. The topological polar surface area (TPSA) is 57.0 Å². The van der Waals surface area contributed by atoms with E-state index in [2.05, 4.69) is 15.0 Å². The molecule has 12 heavy (non-hydrogen) atoms. The number of esters is 1. The largest absolute Gasteiger partial charge is 0.469 e. The molecule has 0 N–H and O–H groups in total. The van der Waals surface area contributed by atoms with Crippen LogP contribution < -0.4 is 0 Å². The summed E-state index contributed by atoms with van der Waals surface area (Å²) in [4.78, 5) is 10.8. The molecule has 66 valence electrons. The van der Waals surface area contributed by atoms with Crippen LogP contribution in [0.15, 0.2) is 6.20 Å². The molecule has 5 heteroatoms. The lowest BCUT2D eigenvalue weighted by atomic mass is 10.3. The predicted molar refractivity (Wildman–Crippen MR) is 41.4 cm³/mol. The number of carbonyl (C=O) groups is 1. The molecule has 0 aliphatic rings. The van der Waals surface area contributed by atoms with Crippen LogP contribution in [0.4, 0.5) is 0 Å². The summed E-state index contributed by atoms with van der Waals surface area (Å²) >= 11 is 0. The number of rotatable bonds is 3. The molecule has 0 radical (unpaired) electrons. The van der Waals surface area contributed by atoms with Gasteiger partial charge in [0.25, 0.3) is 0 Å². The highest BCUT2D eigenvalue weighted by atomic mass is 16.5. The van der Waals surface area contributed by atoms with Gasteiger partial charge < -0.3 is 4.74 Å². The number of methoxy groups -OCH3 is 1. The first-order valence-electron chi connectivity index (χ1n) is 3.72. The van der Waals surface area contributed by atoms with Crippen LogP contribution in [0.3, 0.4) is 0 Å². The number of hydrogen-bond donors (Lipinski definition) is 0. The number of ether oxygens (including phenoxy) is 1. The Morgan fingerprint density at radius 2 is 2.50 bits per heavy atom. The van der Waals surface area contributed by atoms with E-state index in [-0.39, 0.29) is 12.4 Å². The Balaban J connectivity index is 2.58. The average molecular weight is 169 g/mol. The molecule has 0 saturated carbocycles. The van der Waals surface area contributed by atoms with Crippen molar-refractivity contribution in [3.63, 3.8) is 0 Å². The standard InChI is InChI=1S/C7H11N3O2/c1-3-10-5-6(8-9-10)4-7(11)12-2/h5H,3-4H2,1-2H3. The number of aryl methyl sites for hydroxylation is 1. The SMILES string of the molecule is CCn1cc(CC(=O)OC)nn1. The van der Waals surface area contributed by atoms with Crippen LogP contribution in [0.1, 0.15) is 12.6 Å². The molecule has 1 aromatic heterocycles. The van der Waals surface area contributed by atoms with Gasteiger partial charge in [0.1, 0.15) is 0 Å². The van der Waals surface area contributed by atoms with E-state index in [1.807, 2.05) is 6.92 Å². The van der Waals surface area contributed by atoms with Crippen molar-refractivity contribution in [2.75, 3.05) is 7.11 Å². The van der Waals surface area contributed by atoms with Gasteiger partial charge in [-0.15, -0.1) is 5.10 Å². The Kier molecular flexibility index (Phi) is 2.79. The highest BCUT2D eigenvalue weighted by Crippen LogP contribution is 1.95. The molecule has 0 unspecified atom stereocenters. The highest BCUT2D eigenvalue weighted by Gasteiger charge is 2.05. The molecule has 0 aliphatic heterocycles. The summed E-state index contributed by atoms with van der Waals surface area (Å²) < 4.78 is 6.15. The summed E-state index contributed by atoms with van der Waals surface area (Å²) in [5.74, 6) is -0.293. The third-order valence-corrected chi connectivity index (χ3v) is 1.46. The molecule has 0 saturated heterocycles. The second-order valence-corrected chi connectivity index (χ2v) is 2.32. The fraction of sp³-hybridized carbons (Fsp3) is 0.571. The van der Waals surface area contributed by atoms with Crippen LogP contribution in [-0.4, -0.2) is 28.1 Å². The van der Waals surface area contributed by atoms with Gasteiger partial charge in [0.2, 0.25) is 0 Å². The van der Waals surface area contributed by atoms with Crippen LogP contribution >= 0.6 is 0 Å². The maximum atomic E-state index is 10.8. The average Bonchev–Trinajstić information content (AvgIpc) is 2.52. The second kappa shape index (κ2) is 3.85. The zero-order valence-electron chi connectivity index (χ0n) is 7.15. The summed E-state index contributed by atoms with van der Waals surface area (Å²) in [6.07, 6.45) is 1.92. The van der Waals surface area contributed by atoms with Crippen LogP contribution in [0, 0.1) is 0 Å². The van der Waals surface area contributed by atoms with Gasteiger partial charge >= 0.3 is 5.97 Å². The van der Waals surface area contributed by atoms with Crippen molar-refractivity contribution in [1.29, 1.82) is 0 Å². The van der Waals surface area contributed by atoms with Crippen molar-refractivity contribution < 1.29 is 9.53 Å². The molecular weight excluding hydrogens is 158 g/mol.